The molecule has 0 saturated carbocycles. The Labute approximate surface area is 59.4 Å². The van der Waals surface area contributed by atoms with Crippen molar-refractivity contribution in [2.24, 2.45) is 5.73 Å². The minimum absolute atomic E-state index is 0.0401. The second-order valence-electron chi connectivity index (χ2n) is 2.02. The molecule has 0 bridgehead atoms. The van der Waals surface area contributed by atoms with Gasteiger partial charge in [0, 0.05) is 6.04 Å². The molecule has 4 nitrogen and oxygen atoms in total. The molecule has 0 saturated heterocycles. The monoisotopic (exact) mass is 138 g/mol. The number of nitrogens with zero attached hydrogens (tertiary/aromatic N) is 3. The molecule has 1 aromatic rings. The molecular formula is C6H10N4. The minimum atomic E-state index is -0.0401. The van der Waals surface area contributed by atoms with Gasteiger partial charge in [0.05, 0.1) is 6.54 Å². The van der Waals surface area contributed by atoms with Crippen LogP contribution >= 0.6 is 0 Å². The van der Waals surface area contributed by atoms with Crippen molar-refractivity contribution < 1.29 is 0 Å². The Hall–Kier alpha value is -1.16. The van der Waals surface area contributed by atoms with Crippen LogP contribution < -0.4 is 5.73 Å². The molecule has 0 aliphatic heterocycles. The summed E-state index contributed by atoms with van der Waals surface area (Å²) >= 11 is 0. The lowest BCUT2D eigenvalue weighted by Crippen LogP contribution is -2.23. The van der Waals surface area contributed by atoms with Gasteiger partial charge in [0.1, 0.15) is 12.7 Å². The van der Waals surface area contributed by atoms with Gasteiger partial charge in [-0.05, 0) is 0 Å². The summed E-state index contributed by atoms with van der Waals surface area (Å²) in [6, 6.07) is -0.0401. The van der Waals surface area contributed by atoms with Crippen molar-refractivity contribution in [1.29, 1.82) is 0 Å². The second kappa shape index (κ2) is 3.12. The van der Waals surface area contributed by atoms with Crippen molar-refractivity contribution in [2.75, 3.05) is 0 Å². The quantitative estimate of drug-likeness (QED) is 0.588. The Morgan fingerprint density at radius 2 is 2.60 bits per heavy atom. The van der Waals surface area contributed by atoms with Crippen molar-refractivity contribution >= 4 is 0 Å². The highest BCUT2D eigenvalue weighted by molar-refractivity contribution is 4.81. The van der Waals surface area contributed by atoms with E-state index in [4.69, 9.17) is 5.73 Å². The predicted octanol–water partition coefficient (Wildman–Crippen LogP) is -0.209. The maximum atomic E-state index is 5.56. The SMILES string of the molecule is C=CC(N)Cn1cncn1. The summed E-state index contributed by atoms with van der Waals surface area (Å²) in [4.78, 5) is 3.77. The summed E-state index contributed by atoms with van der Waals surface area (Å²) in [5.41, 5.74) is 5.56. The second-order valence-corrected chi connectivity index (χ2v) is 2.02. The van der Waals surface area contributed by atoms with E-state index in [0.29, 0.717) is 6.54 Å². The van der Waals surface area contributed by atoms with Crippen LogP contribution in [0.4, 0.5) is 0 Å². The van der Waals surface area contributed by atoms with Crippen molar-refractivity contribution in [2.45, 2.75) is 12.6 Å². The van der Waals surface area contributed by atoms with Gasteiger partial charge < -0.3 is 5.73 Å². The first-order chi connectivity index (χ1) is 4.83. The van der Waals surface area contributed by atoms with Gasteiger partial charge in [-0.25, -0.2) is 4.98 Å². The third-order valence-corrected chi connectivity index (χ3v) is 1.17. The maximum Gasteiger partial charge on any atom is 0.137 e. The normalized spacial score (nSPS) is 12.9. The van der Waals surface area contributed by atoms with Crippen molar-refractivity contribution in [3.8, 4) is 0 Å². The molecule has 0 aliphatic rings. The molecule has 0 fully saturated rings. The fourth-order valence-electron chi connectivity index (χ4n) is 0.618. The van der Waals surface area contributed by atoms with Crippen LogP contribution in [0, 0.1) is 0 Å². The first-order valence-electron chi connectivity index (χ1n) is 3.03. The lowest BCUT2D eigenvalue weighted by Gasteiger charge is -2.03. The van der Waals surface area contributed by atoms with Gasteiger partial charge in [-0.1, -0.05) is 6.08 Å². The summed E-state index contributed by atoms with van der Waals surface area (Å²) in [7, 11) is 0. The minimum Gasteiger partial charge on any atom is -0.323 e. The highest BCUT2D eigenvalue weighted by Crippen LogP contribution is 1.85. The van der Waals surface area contributed by atoms with E-state index in [2.05, 4.69) is 16.7 Å². The third kappa shape index (κ3) is 1.66. The van der Waals surface area contributed by atoms with Crippen LogP contribution in [0.3, 0.4) is 0 Å². The standard InChI is InChI=1S/C6H10N4/c1-2-6(7)3-10-5-8-4-9-10/h2,4-6H,1,3,7H2. The molecule has 0 aromatic carbocycles. The molecule has 0 spiro atoms. The highest BCUT2D eigenvalue weighted by Gasteiger charge is 1.96. The van der Waals surface area contributed by atoms with E-state index in [-0.39, 0.29) is 6.04 Å². The Balaban J connectivity index is 2.47. The summed E-state index contributed by atoms with van der Waals surface area (Å²) in [5.74, 6) is 0. The Morgan fingerprint density at radius 1 is 1.80 bits per heavy atom. The zero-order chi connectivity index (χ0) is 7.40. The fraction of sp³-hybridized carbons (Fsp3) is 0.333. The van der Waals surface area contributed by atoms with Crippen LogP contribution in [-0.2, 0) is 6.54 Å². The summed E-state index contributed by atoms with van der Waals surface area (Å²) in [5, 5.41) is 3.88. The first-order valence-corrected chi connectivity index (χ1v) is 3.03. The molecular weight excluding hydrogens is 128 g/mol. The molecule has 1 heterocycles. The van der Waals surface area contributed by atoms with E-state index < -0.39 is 0 Å². The van der Waals surface area contributed by atoms with Crippen molar-refractivity contribution in [1.82, 2.24) is 14.8 Å². The Kier molecular flexibility index (Phi) is 2.17. The maximum absolute atomic E-state index is 5.56. The summed E-state index contributed by atoms with van der Waals surface area (Å²) in [6.45, 7) is 4.20. The van der Waals surface area contributed by atoms with E-state index >= 15 is 0 Å². The van der Waals surface area contributed by atoms with Crippen LogP contribution in [0.15, 0.2) is 25.3 Å². The third-order valence-electron chi connectivity index (χ3n) is 1.17. The van der Waals surface area contributed by atoms with Gasteiger partial charge in [0.15, 0.2) is 0 Å². The van der Waals surface area contributed by atoms with Crippen LogP contribution in [0.5, 0.6) is 0 Å². The van der Waals surface area contributed by atoms with Gasteiger partial charge in [-0.15, -0.1) is 6.58 Å². The molecule has 2 N–H and O–H groups in total. The van der Waals surface area contributed by atoms with E-state index in [1.807, 2.05) is 0 Å². The van der Waals surface area contributed by atoms with Gasteiger partial charge in [0.2, 0.25) is 0 Å². The average molecular weight is 138 g/mol. The number of nitrogens with two attached hydrogens (primary N) is 1. The lowest BCUT2D eigenvalue weighted by molar-refractivity contribution is 0.567. The average Bonchev–Trinajstić information content (AvgIpc) is 2.40. The number of rotatable bonds is 3. The van der Waals surface area contributed by atoms with Gasteiger partial charge in [-0.3, -0.25) is 4.68 Å². The molecule has 10 heavy (non-hydrogen) atoms. The van der Waals surface area contributed by atoms with Crippen LogP contribution in [0.1, 0.15) is 0 Å². The topological polar surface area (TPSA) is 56.7 Å². The summed E-state index contributed by atoms with van der Waals surface area (Å²) in [6.07, 6.45) is 4.79. The largest absolute Gasteiger partial charge is 0.323 e. The van der Waals surface area contributed by atoms with Gasteiger partial charge in [-0.2, -0.15) is 5.10 Å². The molecule has 4 heteroatoms. The molecule has 0 amide bonds. The van der Waals surface area contributed by atoms with Gasteiger partial charge in [0.25, 0.3) is 0 Å². The van der Waals surface area contributed by atoms with Crippen LogP contribution in [-0.4, -0.2) is 20.8 Å². The van der Waals surface area contributed by atoms with Crippen LogP contribution in [0.25, 0.3) is 0 Å². The first kappa shape index (κ1) is 6.95. The van der Waals surface area contributed by atoms with Crippen molar-refractivity contribution in [3.05, 3.63) is 25.3 Å². The molecule has 0 radical (unpaired) electrons. The molecule has 1 rings (SSSR count). The van der Waals surface area contributed by atoms with E-state index in [0.717, 1.165) is 0 Å². The molecule has 0 aliphatic carbocycles. The Bertz CT molecular complexity index is 192. The van der Waals surface area contributed by atoms with Crippen molar-refractivity contribution in [3.63, 3.8) is 0 Å². The van der Waals surface area contributed by atoms with Crippen LogP contribution in [0.2, 0.25) is 0 Å². The zero-order valence-corrected chi connectivity index (χ0v) is 5.64. The number of hydrogen-bond acceptors (Lipinski definition) is 3. The van der Waals surface area contributed by atoms with E-state index in [9.17, 15) is 0 Å². The highest BCUT2D eigenvalue weighted by atomic mass is 15.3. The summed E-state index contributed by atoms with van der Waals surface area (Å²) < 4.78 is 1.67. The van der Waals surface area contributed by atoms with E-state index in [1.54, 1.807) is 17.1 Å². The molecule has 54 valence electrons. The Morgan fingerprint density at radius 3 is 3.10 bits per heavy atom. The smallest absolute Gasteiger partial charge is 0.137 e. The molecule has 1 aromatic heterocycles. The molecule has 1 atom stereocenters. The number of aromatic nitrogens is 3. The van der Waals surface area contributed by atoms with E-state index in [1.165, 1.54) is 6.33 Å². The zero-order valence-electron chi connectivity index (χ0n) is 5.64. The predicted molar refractivity (Wildman–Crippen MR) is 38.2 cm³/mol. The molecule has 1 unspecified atom stereocenters. The fourth-order valence-corrected chi connectivity index (χ4v) is 0.618. The lowest BCUT2D eigenvalue weighted by atomic mass is 10.3. The van der Waals surface area contributed by atoms with Gasteiger partial charge >= 0.3 is 0 Å². The number of hydrogen-bond donors (Lipinski definition) is 1.